The van der Waals surface area contributed by atoms with Gasteiger partial charge < -0.3 is 9.84 Å². The second-order valence-electron chi connectivity index (χ2n) is 4.26. The molecular weight excluding hydrogens is 156 g/mol. The molecule has 1 N–H and O–H groups in total. The van der Waals surface area contributed by atoms with E-state index >= 15 is 0 Å². The molecule has 0 bridgehead atoms. The molecule has 72 valence electrons. The largest absolute Gasteiger partial charge is 0.481 e. The first kappa shape index (κ1) is 11.4. The van der Waals surface area contributed by atoms with Crippen LogP contribution >= 0.6 is 0 Å². The summed E-state index contributed by atoms with van der Waals surface area (Å²) < 4.78 is 5.23. The van der Waals surface area contributed by atoms with E-state index in [4.69, 9.17) is 9.84 Å². The molecule has 0 heterocycles. The number of carbonyl (C=O) groups is 1. The Morgan fingerprint density at radius 3 is 1.83 bits per heavy atom. The van der Waals surface area contributed by atoms with Crippen LogP contribution in [0, 0.1) is 5.41 Å². The molecule has 1 atom stereocenters. The van der Waals surface area contributed by atoms with E-state index in [0.717, 1.165) is 0 Å². The van der Waals surface area contributed by atoms with E-state index in [9.17, 15) is 4.79 Å². The van der Waals surface area contributed by atoms with Gasteiger partial charge in [-0.15, -0.1) is 0 Å². The minimum absolute atomic E-state index is 0.0347. The van der Waals surface area contributed by atoms with Crippen molar-refractivity contribution in [1.82, 2.24) is 0 Å². The SMILES string of the molecule is COC(C)(CC(=O)O)C(C)(C)C. The Labute approximate surface area is 73.7 Å². The smallest absolute Gasteiger partial charge is 0.306 e. The quantitative estimate of drug-likeness (QED) is 0.711. The predicted molar refractivity (Wildman–Crippen MR) is 47.1 cm³/mol. The van der Waals surface area contributed by atoms with E-state index < -0.39 is 11.6 Å². The molecule has 0 aliphatic rings. The van der Waals surface area contributed by atoms with Gasteiger partial charge in [-0.1, -0.05) is 20.8 Å². The molecule has 0 radical (unpaired) electrons. The first-order valence-electron chi connectivity index (χ1n) is 4.00. The summed E-state index contributed by atoms with van der Waals surface area (Å²) in [5, 5.41) is 8.66. The summed E-state index contributed by atoms with van der Waals surface area (Å²) in [4.78, 5) is 10.5. The molecule has 0 saturated carbocycles. The van der Waals surface area contributed by atoms with Crippen molar-refractivity contribution in [3.8, 4) is 0 Å². The maximum atomic E-state index is 10.5. The molecule has 0 fully saturated rings. The van der Waals surface area contributed by atoms with Crippen molar-refractivity contribution in [3.05, 3.63) is 0 Å². The van der Waals surface area contributed by atoms with Crippen LogP contribution in [0.5, 0.6) is 0 Å². The molecule has 0 aromatic rings. The van der Waals surface area contributed by atoms with Crippen molar-refractivity contribution in [2.75, 3.05) is 7.11 Å². The Morgan fingerprint density at radius 1 is 1.33 bits per heavy atom. The molecule has 0 amide bonds. The minimum atomic E-state index is -0.825. The fourth-order valence-electron chi connectivity index (χ4n) is 0.932. The maximum absolute atomic E-state index is 10.5. The molecule has 0 spiro atoms. The van der Waals surface area contributed by atoms with Gasteiger partial charge >= 0.3 is 5.97 Å². The molecular formula is C9H18O3. The van der Waals surface area contributed by atoms with E-state index in [2.05, 4.69) is 0 Å². The summed E-state index contributed by atoms with van der Waals surface area (Å²) in [5.74, 6) is -0.825. The van der Waals surface area contributed by atoms with Gasteiger partial charge in [0.15, 0.2) is 0 Å². The van der Waals surface area contributed by atoms with Gasteiger partial charge in [0, 0.05) is 7.11 Å². The van der Waals surface area contributed by atoms with E-state index in [1.54, 1.807) is 7.11 Å². The van der Waals surface area contributed by atoms with Crippen LogP contribution in [0.4, 0.5) is 0 Å². The van der Waals surface area contributed by atoms with E-state index in [1.165, 1.54) is 0 Å². The van der Waals surface area contributed by atoms with Crippen molar-refractivity contribution in [2.24, 2.45) is 5.41 Å². The predicted octanol–water partition coefficient (Wildman–Crippen LogP) is 1.91. The first-order valence-corrected chi connectivity index (χ1v) is 4.00. The van der Waals surface area contributed by atoms with E-state index in [1.807, 2.05) is 27.7 Å². The van der Waals surface area contributed by atoms with Crippen LogP contribution in [-0.4, -0.2) is 23.8 Å². The van der Waals surface area contributed by atoms with Crippen molar-refractivity contribution in [3.63, 3.8) is 0 Å². The van der Waals surface area contributed by atoms with Crippen LogP contribution in [-0.2, 0) is 9.53 Å². The molecule has 0 aliphatic heterocycles. The van der Waals surface area contributed by atoms with Crippen LogP contribution in [0.1, 0.15) is 34.1 Å². The van der Waals surface area contributed by atoms with Gasteiger partial charge in [0.25, 0.3) is 0 Å². The topological polar surface area (TPSA) is 46.5 Å². The number of hydrogen-bond donors (Lipinski definition) is 1. The van der Waals surface area contributed by atoms with Gasteiger partial charge in [0.05, 0.1) is 12.0 Å². The van der Waals surface area contributed by atoms with Crippen LogP contribution in [0.15, 0.2) is 0 Å². The number of carboxylic acid groups (broad SMARTS) is 1. The van der Waals surface area contributed by atoms with Gasteiger partial charge in [0.2, 0.25) is 0 Å². The summed E-state index contributed by atoms with van der Waals surface area (Å²) in [7, 11) is 1.55. The average Bonchev–Trinajstić information content (AvgIpc) is 1.83. The molecule has 0 aromatic carbocycles. The van der Waals surface area contributed by atoms with Crippen molar-refractivity contribution in [1.29, 1.82) is 0 Å². The van der Waals surface area contributed by atoms with Gasteiger partial charge in [-0.25, -0.2) is 0 Å². The van der Waals surface area contributed by atoms with Crippen molar-refractivity contribution >= 4 is 5.97 Å². The highest BCUT2D eigenvalue weighted by molar-refractivity contribution is 5.68. The molecule has 0 saturated heterocycles. The molecule has 12 heavy (non-hydrogen) atoms. The highest BCUT2D eigenvalue weighted by Gasteiger charge is 2.39. The second-order valence-corrected chi connectivity index (χ2v) is 4.26. The number of methoxy groups -OCH3 is 1. The second kappa shape index (κ2) is 3.44. The lowest BCUT2D eigenvalue weighted by molar-refractivity contribution is -0.150. The van der Waals surface area contributed by atoms with Crippen molar-refractivity contribution in [2.45, 2.75) is 39.7 Å². The Hall–Kier alpha value is -0.570. The molecule has 0 rings (SSSR count). The summed E-state index contributed by atoms with van der Waals surface area (Å²) in [6.07, 6.45) is 0.0347. The monoisotopic (exact) mass is 174 g/mol. The summed E-state index contributed by atoms with van der Waals surface area (Å²) >= 11 is 0. The number of aliphatic carboxylic acids is 1. The zero-order valence-corrected chi connectivity index (χ0v) is 8.47. The fourth-order valence-corrected chi connectivity index (χ4v) is 0.932. The lowest BCUT2D eigenvalue weighted by Gasteiger charge is -2.39. The molecule has 0 aromatic heterocycles. The van der Waals surface area contributed by atoms with Crippen LogP contribution < -0.4 is 0 Å². The number of rotatable bonds is 3. The van der Waals surface area contributed by atoms with Crippen LogP contribution in [0.25, 0.3) is 0 Å². The normalized spacial score (nSPS) is 17.1. The van der Waals surface area contributed by atoms with E-state index in [0.29, 0.717) is 0 Å². The molecule has 3 nitrogen and oxygen atoms in total. The minimum Gasteiger partial charge on any atom is -0.481 e. The number of carboxylic acids is 1. The Kier molecular flexibility index (Phi) is 3.27. The molecule has 0 aliphatic carbocycles. The van der Waals surface area contributed by atoms with Gasteiger partial charge in [-0.3, -0.25) is 4.79 Å². The zero-order valence-electron chi connectivity index (χ0n) is 8.47. The lowest BCUT2D eigenvalue weighted by Crippen LogP contribution is -2.43. The number of hydrogen-bond acceptors (Lipinski definition) is 2. The van der Waals surface area contributed by atoms with Crippen LogP contribution in [0.2, 0.25) is 0 Å². The Bertz CT molecular complexity index is 169. The van der Waals surface area contributed by atoms with E-state index in [-0.39, 0.29) is 11.8 Å². The maximum Gasteiger partial charge on any atom is 0.306 e. The summed E-state index contributed by atoms with van der Waals surface area (Å²) in [5.41, 5.74) is -0.765. The summed E-state index contributed by atoms with van der Waals surface area (Å²) in [6.45, 7) is 7.74. The third-order valence-corrected chi connectivity index (χ3v) is 2.53. The molecule has 1 unspecified atom stereocenters. The third-order valence-electron chi connectivity index (χ3n) is 2.53. The summed E-state index contributed by atoms with van der Waals surface area (Å²) in [6, 6.07) is 0. The van der Waals surface area contributed by atoms with Gasteiger partial charge in [-0.2, -0.15) is 0 Å². The standard InChI is InChI=1S/C9H18O3/c1-8(2,3)9(4,12-5)6-7(10)11/h6H2,1-5H3,(H,10,11). The fraction of sp³-hybridized carbons (Fsp3) is 0.889. The van der Waals surface area contributed by atoms with Gasteiger partial charge in [0.1, 0.15) is 0 Å². The van der Waals surface area contributed by atoms with Crippen LogP contribution in [0.3, 0.4) is 0 Å². The Balaban J connectivity index is 4.56. The Morgan fingerprint density at radius 2 is 1.75 bits per heavy atom. The van der Waals surface area contributed by atoms with Crippen molar-refractivity contribution < 1.29 is 14.6 Å². The third kappa shape index (κ3) is 2.48. The lowest BCUT2D eigenvalue weighted by atomic mass is 9.75. The highest BCUT2D eigenvalue weighted by Crippen LogP contribution is 2.35. The number of ether oxygens (including phenoxy) is 1. The highest BCUT2D eigenvalue weighted by atomic mass is 16.5. The molecule has 3 heteroatoms. The first-order chi connectivity index (χ1) is 5.23. The average molecular weight is 174 g/mol. The zero-order chi connectivity index (χ0) is 9.99. The van der Waals surface area contributed by atoms with Gasteiger partial charge in [-0.05, 0) is 12.3 Å².